The molecule has 0 bridgehead atoms. The molecule has 2 fully saturated rings. The Bertz CT molecular complexity index is 537. The number of hydrogen-bond acceptors (Lipinski definition) is 2. The van der Waals surface area contributed by atoms with E-state index in [0.717, 1.165) is 30.4 Å². The summed E-state index contributed by atoms with van der Waals surface area (Å²) in [5.41, 5.74) is 6.52. The molecule has 108 valence electrons. The van der Waals surface area contributed by atoms with Gasteiger partial charge in [-0.15, -0.1) is 0 Å². The second-order valence-electron chi connectivity index (χ2n) is 5.88. The topological polar surface area (TPSA) is 46.3 Å². The molecule has 1 saturated heterocycles. The Morgan fingerprint density at radius 2 is 2.20 bits per heavy atom. The molecule has 1 aromatic carbocycles. The molecular formula is C15H18BrFN2O. The molecule has 3 atom stereocenters. The van der Waals surface area contributed by atoms with Crippen molar-refractivity contribution in [1.82, 2.24) is 4.90 Å². The summed E-state index contributed by atoms with van der Waals surface area (Å²) in [7, 11) is 0. The van der Waals surface area contributed by atoms with E-state index in [1.54, 1.807) is 12.1 Å². The lowest BCUT2D eigenvalue weighted by Gasteiger charge is -2.19. The number of nitrogens with zero attached hydrogens (tertiary/aromatic N) is 1. The first-order valence-electron chi connectivity index (χ1n) is 7.02. The van der Waals surface area contributed by atoms with Crippen LogP contribution in [0.25, 0.3) is 0 Å². The largest absolute Gasteiger partial charge is 0.342 e. The first-order valence-corrected chi connectivity index (χ1v) is 7.81. The molecule has 1 amide bonds. The van der Waals surface area contributed by atoms with E-state index in [4.69, 9.17) is 5.73 Å². The van der Waals surface area contributed by atoms with Crippen molar-refractivity contribution >= 4 is 21.8 Å². The molecule has 0 radical (unpaired) electrons. The van der Waals surface area contributed by atoms with Gasteiger partial charge in [0.15, 0.2) is 0 Å². The Hall–Kier alpha value is -0.940. The number of nitrogens with two attached hydrogens (primary N) is 1. The quantitative estimate of drug-likeness (QED) is 0.898. The van der Waals surface area contributed by atoms with E-state index >= 15 is 0 Å². The average molecular weight is 341 g/mol. The Balaban J connectivity index is 1.67. The Morgan fingerprint density at radius 1 is 1.40 bits per heavy atom. The van der Waals surface area contributed by atoms with Crippen LogP contribution in [-0.4, -0.2) is 29.9 Å². The van der Waals surface area contributed by atoms with Gasteiger partial charge in [0.25, 0.3) is 0 Å². The maximum absolute atomic E-state index is 13.7. The van der Waals surface area contributed by atoms with Crippen molar-refractivity contribution in [1.29, 1.82) is 0 Å². The van der Waals surface area contributed by atoms with Crippen LogP contribution in [0.1, 0.15) is 18.4 Å². The lowest BCUT2D eigenvalue weighted by molar-refractivity contribution is -0.129. The maximum atomic E-state index is 13.7. The number of benzene rings is 1. The fraction of sp³-hybridized carbons (Fsp3) is 0.533. The van der Waals surface area contributed by atoms with Crippen LogP contribution >= 0.6 is 15.9 Å². The van der Waals surface area contributed by atoms with Gasteiger partial charge in [-0.1, -0.05) is 15.9 Å². The first kappa shape index (κ1) is 14.0. The van der Waals surface area contributed by atoms with Crippen LogP contribution in [-0.2, 0) is 11.2 Å². The van der Waals surface area contributed by atoms with Crippen molar-refractivity contribution in [3.05, 3.63) is 34.1 Å². The highest BCUT2D eigenvalue weighted by molar-refractivity contribution is 9.10. The highest BCUT2D eigenvalue weighted by Crippen LogP contribution is 2.37. The monoisotopic (exact) mass is 340 g/mol. The van der Waals surface area contributed by atoms with Crippen molar-refractivity contribution in [3.8, 4) is 0 Å². The average Bonchev–Trinajstić information content (AvgIpc) is 2.97. The normalized spacial score (nSPS) is 28.8. The van der Waals surface area contributed by atoms with Gasteiger partial charge in [0.05, 0.1) is 6.42 Å². The van der Waals surface area contributed by atoms with Gasteiger partial charge in [0.1, 0.15) is 5.82 Å². The molecule has 0 aromatic heterocycles. The van der Waals surface area contributed by atoms with E-state index in [1.807, 2.05) is 4.90 Å². The summed E-state index contributed by atoms with van der Waals surface area (Å²) < 4.78 is 14.5. The highest BCUT2D eigenvalue weighted by atomic mass is 79.9. The van der Waals surface area contributed by atoms with Gasteiger partial charge in [0, 0.05) is 23.6 Å². The summed E-state index contributed by atoms with van der Waals surface area (Å²) in [4.78, 5) is 14.2. The zero-order valence-electron chi connectivity index (χ0n) is 11.2. The molecule has 1 aliphatic carbocycles. The minimum atomic E-state index is -0.322. The van der Waals surface area contributed by atoms with Gasteiger partial charge < -0.3 is 10.6 Å². The van der Waals surface area contributed by atoms with Crippen molar-refractivity contribution in [3.63, 3.8) is 0 Å². The molecule has 2 N–H and O–H groups in total. The van der Waals surface area contributed by atoms with E-state index in [9.17, 15) is 9.18 Å². The molecule has 1 heterocycles. The van der Waals surface area contributed by atoms with Gasteiger partial charge in [0.2, 0.25) is 5.91 Å². The van der Waals surface area contributed by atoms with Crippen molar-refractivity contribution in [2.24, 2.45) is 17.6 Å². The SMILES string of the molecule is NC1CCC2CN(C(=O)Cc3cc(Br)ccc3F)CC12. The molecule has 0 spiro atoms. The number of likely N-dealkylation sites (tertiary alicyclic amines) is 1. The third kappa shape index (κ3) is 2.61. The molecule has 1 saturated carbocycles. The zero-order valence-corrected chi connectivity index (χ0v) is 12.8. The second kappa shape index (κ2) is 5.45. The minimum Gasteiger partial charge on any atom is -0.342 e. The van der Waals surface area contributed by atoms with E-state index in [1.165, 1.54) is 6.07 Å². The number of halogens is 2. The summed E-state index contributed by atoms with van der Waals surface area (Å²) in [6.45, 7) is 1.52. The van der Waals surface area contributed by atoms with E-state index in [2.05, 4.69) is 15.9 Å². The number of amides is 1. The van der Waals surface area contributed by atoms with Crippen molar-refractivity contribution in [2.75, 3.05) is 13.1 Å². The van der Waals surface area contributed by atoms with Crippen LogP contribution < -0.4 is 5.73 Å². The first-order chi connectivity index (χ1) is 9.54. The van der Waals surface area contributed by atoms with Crippen LogP contribution in [0.3, 0.4) is 0 Å². The summed E-state index contributed by atoms with van der Waals surface area (Å²) in [5.74, 6) is 0.661. The summed E-state index contributed by atoms with van der Waals surface area (Å²) in [6, 6.07) is 4.93. The molecule has 5 heteroatoms. The molecule has 3 rings (SSSR count). The molecule has 20 heavy (non-hydrogen) atoms. The predicted molar refractivity (Wildman–Crippen MR) is 78.6 cm³/mol. The smallest absolute Gasteiger partial charge is 0.227 e. The third-order valence-corrected chi connectivity index (χ3v) is 5.11. The number of carbonyl (C=O) groups excluding carboxylic acids is 1. The maximum Gasteiger partial charge on any atom is 0.227 e. The van der Waals surface area contributed by atoms with Crippen LogP contribution in [0.2, 0.25) is 0 Å². The molecule has 3 nitrogen and oxygen atoms in total. The Labute approximate surface area is 126 Å². The van der Waals surface area contributed by atoms with Crippen molar-refractivity contribution in [2.45, 2.75) is 25.3 Å². The molecule has 1 aromatic rings. The van der Waals surface area contributed by atoms with E-state index in [-0.39, 0.29) is 24.2 Å². The number of fused-ring (bicyclic) bond motifs is 1. The number of hydrogen-bond donors (Lipinski definition) is 1. The van der Waals surface area contributed by atoms with E-state index < -0.39 is 0 Å². The summed E-state index contributed by atoms with van der Waals surface area (Å²) in [6.07, 6.45) is 2.30. The predicted octanol–water partition coefficient (Wildman–Crippen LogP) is 2.33. The third-order valence-electron chi connectivity index (χ3n) is 4.61. The standard InChI is InChI=1S/C15H18BrFN2O/c16-11-2-3-13(17)10(5-11)6-15(20)19-7-9-1-4-14(18)12(9)8-19/h2-3,5,9,12,14H,1,4,6-8,18H2. The Morgan fingerprint density at radius 3 is 2.95 bits per heavy atom. The van der Waals surface area contributed by atoms with Gasteiger partial charge in [-0.25, -0.2) is 4.39 Å². The van der Waals surface area contributed by atoms with Gasteiger partial charge >= 0.3 is 0 Å². The number of carbonyl (C=O) groups is 1. The van der Waals surface area contributed by atoms with Gasteiger partial charge in [-0.3, -0.25) is 4.79 Å². The molecule has 1 aliphatic heterocycles. The van der Waals surface area contributed by atoms with Gasteiger partial charge in [-0.2, -0.15) is 0 Å². The summed E-state index contributed by atoms with van der Waals surface area (Å²) >= 11 is 3.31. The van der Waals surface area contributed by atoms with Crippen LogP contribution in [0.15, 0.2) is 22.7 Å². The molecule has 2 aliphatic rings. The molecule has 3 unspecified atom stereocenters. The fourth-order valence-electron chi connectivity index (χ4n) is 3.46. The van der Waals surface area contributed by atoms with E-state index in [0.29, 0.717) is 17.4 Å². The van der Waals surface area contributed by atoms with Crippen molar-refractivity contribution < 1.29 is 9.18 Å². The highest BCUT2D eigenvalue weighted by Gasteiger charge is 2.42. The second-order valence-corrected chi connectivity index (χ2v) is 6.79. The van der Waals surface area contributed by atoms with Crippen LogP contribution in [0.5, 0.6) is 0 Å². The van der Waals surface area contributed by atoms with Crippen LogP contribution in [0, 0.1) is 17.7 Å². The van der Waals surface area contributed by atoms with Gasteiger partial charge in [-0.05, 0) is 48.4 Å². The lowest BCUT2D eigenvalue weighted by Crippen LogP contribution is -2.34. The lowest BCUT2D eigenvalue weighted by atomic mass is 9.98. The fourth-order valence-corrected chi connectivity index (χ4v) is 3.87. The Kier molecular flexibility index (Phi) is 3.82. The summed E-state index contributed by atoms with van der Waals surface area (Å²) in [5, 5.41) is 0. The molecular weight excluding hydrogens is 323 g/mol. The minimum absolute atomic E-state index is 0.00333. The van der Waals surface area contributed by atoms with Crippen LogP contribution in [0.4, 0.5) is 4.39 Å². The zero-order chi connectivity index (χ0) is 14.3. The number of rotatable bonds is 2.